The van der Waals surface area contributed by atoms with Gasteiger partial charge in [0.25, 0.3) is 0 Å². The standard InChI is InChI=1S/C11H8F2O2/c12-11(13)15-10-6-5-9(14)7-3-1-2-4-8(7)10/h1-6,11,14H. The largest absolute Gasteiger partial charge is 0.507 e. The normalized spacial score (nSPS) is 10.9. The molecule has 0 saturated carbocycles. The number of benzene rings is 2. The van der Waals surface area contributed by atoms with Gasteiger partial charge < -0.3 is 9.84 Å². The van der Waals surface area contributed by atoms with Gasteiger partial charge in [-0.1, -0.05) is 24.3 Å². The minimum atomic E-state index is -2.86. The Morgan fingerprint density at radius 3 is 2.33 bits per heavy atom. The van der Waals surface area contributed by atoms with Crippen LogP contribution in [0.1, 0.15) is 0 Å². The summed E-state index contributed by atoms with van der Waals surface area (Å²) in [5.74, 6) is 0.116. The second-order valence-electron chi connectivity index (χ2n) is 3.01. The molecule has 0 amide bonds. The number of phenolic OH excluding ortho intramolecular Hbond substituents is 1. The fourth-order valence-corrected chi connectivity index (χ4v) is 1.45. The molecule has 0 aromatic heterocycles. The smallest absolute Gasteiger partial charge is 0.387 e. The number of ether oxygens (including phenoxy) is 1. The van der Waals surface area contributed by atoms with Gasteiger partial charge in [-0.2, -0.15) is 8.78 Å². The van der Waals surface area contributed by atoms with Crippen LogP contribution in [0.5, 0.6) is 11.5 Å². The van der Waals surface area contributed by atoms with Crippen molar-refractivity contribution in [3.8, 4) is 11.5 Å². The number of alkyl halides is 2. The second kappa shape index (κ2) is 3.73. The van der Waals surface area contributed by atoms with Crippen LogP contribution in [0, 0.1) is 0 Å². The average Bonchev–Trinajstić information content (AvgIpc) is 2.22. The van der Waals surface area contributed by atoms with Gasteiger partial charge in [-0.3, -0.25) is 0 Å². The lowest BCUT2D eigenvalue weighted by molar-refractivity contribution is -0.0488. The SMILES string of the molecule is Oc1ccc(OC(F)F)c2ccccc12. The topological polar surface area (TPSA) is 29.5 Å². The molecule has 0 aliphatic rings. The maximum atomic E-state index is 12.1. The molecule has 0 spiro atoms. The third kappa shape index (κ3) is 1.83. The molecule has 2 nitrogen and oxygen atoms in total. The molecule has 0 radical (unpaired) electrons. The van der Waals surface area contributed by atoms with E-state index in [2.05, 4.69) is 4.74 Å². The van der Waals surface area contributed by atoms with E-state index in [9.17, 15) is 13.9 Å². The fourth-order valence-electron chi connectivity index (χ4n) is 1.45. The summed E-state index contributed by atoms with van der Waals surface area (Å²) in [6.45, 7) is -2.86. The first-order valence-electron chi connectivity index (χ1n) is 4.34. The molecule has 2 aromatic rings. The van der Waals surface area contributed by atoms with E-state index in [0.29, 0.717) is 10.8 Å². The molecule has 2 rings (SSSR count). The highest BCUT2D eigenvalue weighted by atomic mass is 19.3. The van der Waals surface area contributed by atoms with Crippen LogP contribution in [0.25, 0.3) is 10.8 Å². The molecule has 0 bridgehead atoms. The summed E-state index contributed by atoms with van der Waals surface area (Å²) in [6.07, 6.45) is 0. The van der Waals surface area contributed by atoms with Crippen molar-refractivity contribution < 1.29 is 18.6 Å². The van der Waals surface area contributed by atoms with Gasteiger partial charge in [0, 0.05) is 10.8 Å². The Morgan fingerprint density at radius 2 is 1.67 bits per heavy atom. The van der Waals surface area contributed by atoms with Crippen LogP contribution < -0.4 is 4.74 Å². The van der Waals surface area contributed by atoms with Gasteiger partial charge in [-0.05, 0) is 12.1 Å². The van der Waals surface area contributed by atoms with E-state index in [-0.39, 0.29) is 11.5 Å². The Bertz CT molecular complexity index is 483. The van der Waals surface area contributed by atoms with E-state index < -0.39 is 6.61 Å². The van der Waals surface area contributed by atoms with Crippen molar-refractivity contribution in [2.24, 2.45) is 0 Å². The molecular formula is C11H8F2O2. The molecule has 0 aliphatic heterocycles. The van der Waals surface area contributed by atoms with Gasteiger partial charge in [0.1, 0.15) is 11.5 Å². The van der Waals surface area contributed by atoms with Crippen LogP contribution in [0.2, 0.25) is 0 Å². The highest BCUT2D eigenvalue weighted by Crippen LogP contribution is 2.32. The minimum Gasteiger partial charge on any atom is -0.507 e. The molecule has 0 fully saturated rings. The monoisotopic (exact) mass is 210 g/mol. The number of aromatic hydroxyl groups is 1. The van der Waals surface area contributed by atoms with Crippen LogP contribution in [-0.4, -0.2) is 11.7 Å². The fraction of sp³-hybridized carbons (Fsp3) is 0.0909. The first-order chi connectivity index (χ1) is 7.18. The molecule has 0 heterocycles. The summed E-state index contributed by atoms with van der Waals surface area (Å²) >= 11 is 0. The van der Waals surface area contributed by atoms with Crippen molar-refractivity contribution in [1.82, 2.24) is 0 Å². The summed E-state index contributed by atoms with van der Waals surface area (Å²) in [7, 11) is 0. The predicted molar refractivity (Wildman–Crippen MR) is 52.2 cm³/mol. The molecule has 2 aromatic carbocycles. The van der Waals surface area contributed by atoms with Crippen LogP contribution in [0.15, 0.2) is 36.4 Å². The first-order valence-corrected chi connectivity index (χ1v) is 4.34. The molecule has 1 N–H and O–H groups in total. The van der Waals surface area contributed by atoms with Crippen molar-refractivity contribution in [3.63, 3.8) is 0 Å². The van der Waals surface area contributed by atoms with E-state index in [1.807, 2.05) is 0 Å². The first kappa shape index (κ1) is 9.71. The van der Waals surface area contributed by atoms with Crippen molar-refractivity contribution in [2.45, 2.75) is 6.61 Å². The summed E-state index contributed by atoms with van der Waals surface area (Å²) in [5.41, 5.74) is 0. The van der Waals surface area contributed by atoms with Crippen molar-refractivity contribution >= 4 is 10.8 Å². The van der Waals surface area contributed by atoms with Crippen molar-refractivity contribution in [3.05, 3.63) is 36.4 Å². The van der Waals surface area contributed by atoms with Gasteiger partial charge in [-0.25, -0.2) is 0 Å². The Balaban J connectivity index is 2.61. The molecular weight excluding hydrogens is 202 g/mol. The van der Waals surface area contributed by atoms with Gasteiger partial charge in [0.15, 0.2) is 0 Å². The van der Waals surface area contributed by atoms with Gasteiger partial charge >= 0.3 is 6.61 Å². The quantitative estimate of drug-likeness (QED) is 0.825. The lowest BCUT2D eigenvalue weighted by Gasteiger charge is -2.08. The average molecular weight is 210 g/mol. The number of halogens is 2. The van der Waals surface area contributed by atoms with Crippen LogP contribution in [0.3, 0.4) is 0 Å². The molecule has 15 heavy (non-hydrogen) atoms. The van der Waals surface area contributed by atoms with Gasteiger partial charge in [0.05, 0.1) is 0 Å². The van der Waals surface area contributed by atoms with E-state index >= 15 is 0 Å². The second-order valence-corrected chi connectivity index (χ2v) is 3.01. The molecule has 0 aliphatic carbocycles. The maximum Gasteiger partial charge on any atom is 0.387 e. The third-order valence-electron chi connectivity index (χ3n) is 2.08. The van der Waals surface area contributed by atoms with E-state index in [1.165, 1.54) is 12.1 Å². The van der Waals surface area contributed by atoms with E-state index in [4.69, 9.17) is 0 Å². The zero-order valence-corrected chi connectivity index (χ0v) is 7.65. The zero-order valence-electron chi connectivity index (χ0n) is 7.65. The zero-order chi connectivity index (χ0) is 10.8. The minimum absolute atomic E-state index is 0.0483. The Labute approximate surface area is 84.7 Å². The van der Waals surface area contributed by atoms with E-state index in [0.717, 1.165) is 0 Å². The highest BCUT2D eigenvalue weighted by Gasteiger charge is 2.09. The number of rotatable bonds is 2. The van der Waals surface area contributed by atoms with Crippen molar-refractivity contribution in [2.75, 3.05) is 0 Å². The molecule has 0 atom stereocenters. The maximum absolute atomic E-state index is 12.1. The number of fused-ring (bicyclic) bond motifs is 1. The molecule has 0 unspecified atom stereocenters. The number of hydrogen-bond donors (Lipinski definition) is 1. The third-order valence-corrected chi connectivity index (χ3v) is 2.08. The summed E-state index contributed by atoms with van der Waals surface area (Å²) in [6, 6.07) is 9.33. The molecule has 0 saturated heterocycles. The highest BCUT2D eigenvalue weighted by molar-refractivity contribution is 5.92. The van der Waals surface area contributed by atoms with Crippen LogP contribution in [-0.2, 0) is 0 Å². The Morgan fingerprint density at radius 1 is 1.00 bits per heavy atom. The summed E-state index contributed by atoms with van der Waals surface area (Å²) in [5, 5.41) is 10.5. The van der Waals surface area contributed by atoms with Crippen LogP contribution >= 0.6 is 0 Å². The van der Waals surface area contributed by atoms with Crippen LogP contribution in [0.4, 0.5) is 8.78 Å². The Kier molecular flexibility index (Phi) is 2.41. The van der Waals surface area contributed by atoms with Crippen molar-refractivity contribution in [1.29, 1.82) is 0 Å². The van der Waals surface area contributed by atoms with Gasteiger partial charge in [-0.15, -0.1) is 0 Å². The summed E-state index contributed by atoms with van der Waals surface area (Å²) < 4.78 is 28.5. The lowest BCUT2D eigenvalue weighted by Crippen LogP contribution is -2.02. The molecule has 78 valence electrons. The van der Waals surface area contributed by atoms with E-state index in [1.54, 1.807) is 24.3 Å². The number of phenols is 1. The van der Waals surface area contributed by atoms with Gasteiger partial charge in [0.2, 0.25) is 0 Å². The number of hydrogen-bond acceptors (Lipinski definition) is 2. The predicted octanol–water partition coefficient (Wildman–Crippen LogP) is 3.15. The lowest BCUT2D eigenvalue weighted by atomic mass is 10.1. The molecule has 4 heteroatoms. The summed E-state index contributed by atoms with van der Waals surface area (Å²) in [4.78, 5) is 0. The Hall–Kier alpha value is -1.84.